The molecular formula is C10H20BrNO2S. The maximum atomic E-state index is 12.0. The van der Waals surface area contributed by atoms with Crippen LogP contribution < -0.4 is 0 Å². The maximum Gasteiger partial charge on any atom is 0.214 e. The molecule has 0 aromatic carbocycles. The molecule has 15 heavy (non-hydrogen) atoms. The number of piperidine rings is 1. The first-order valence-corrected chi connectivity index (χ1v) is 7.85. The van der Waals surface area contributed by atoms with E-state index in [2.05, 4.69) is 15.9 Å². The molecule has 0 bridgehead atoms. The Morgan fingerprint density at radius 3 is 2.13 bits per heavy atom. The molecule has 0 amide bonds. The molecule has 0 N–H and O–H groups in total. The average molecular weight is 298 g/mol. The summed E-state index contributed by atoms with van der Waals surface area (Å²) in [6.07, 6.45) is 1.84. The third kappa shape index (κ3) is 4.41. The van der Waals surface area contributed by atoms with Crippen LogP contribution in [0.3, 0.4) is 0 Å². The van der Waals surface area contributed by atoms with Gasteiger partial charge in [0.1, 0.15) is 0 Å². The predicted molar refractivity (Wildman–Crippen MR) is 66.8 cm³/mol. The highest BCUT2D eigenvalue weighted by Gasteiger charge is 2.30. The molecule has 5 heteroatoms. The van der Waals surface area contributed by atoms with E-state index in [9.17, 15) is 8.42 Å². The summed E-state index contributed by atoms with van der Waals surface area (Å²) in [7, 11) is -3.05. The number of alkyl halides is 1. The van der Waals surface area contributed by atoms with Crippen LogP contribution in [0, 0.1) is 5.41 Å². The average Bonchev–Trinajstić information content (AvgIpc) is 2.00. The smallest absolute Gasteiger partial charge is 0.212 e. The van der Waals surface area contributed by atoms with Crippen LogP contribution in [0.2, 0.25) is 0 Å². The Labute approximate surface area is 101 Å². The van der Waals surface area contributed by atoms with Crippen molar-refractivity contribution >= 4 is 26.0 Å². The first-order valence-electron chi connectivity index (χ1n) is 5.33. The van der Waals surface area contributed by atoms with Crippen LogP contribution in [0.1, 0.15) is 33.6 Å². The minimum Gasteiger partial charge on any atom is -0.212 e. The van der Waals surface area contributed by atoms with Gasteiger partial charge in [-0.25, -0.2) is 12.7 Å². The van der Waals surface area contributed by atoms with E-state index >= 15 is 0 Å². The van der Waals surface area contributed by atoms with Crippen LogP contribution in [-0.2, 0) is 10.0 Å². The summed E-state index contributed by atoms with van der Waals surface area (Å²) in [5.74, 6) is 0.243. The van der Waals surface area contributed by atoms with Crippen LogP contribution in [0.15, 0.2) is 0 Å². The number of nitrogens with zero attached hydrogens (tertiary/aromatic N) is 1. The number of rotatable bonds is 2. The Morgan fingerprint density at radius 1 is 1.27 bits per heavy atom. The van der Waals surface area contributed by atoms with Gasteiger partial charge in [0.2, 0.25) is 10.0 Å². The molecule has 90 valence electrons. The highest BCUT2D eigenvalue weighted by atomic mass is 79.9. The first-order chi connectivity index (χ1) is 6.71. The van der Waals surface area contributed by atoms with Gasteiger partial charge >= 0.3 is 0 Å². The van der Waals surface area contributed by atoms with Gasteiger partial charge in [0.05, 0.1) is 5.75 Å². The van der Waals surface area contributed by atoms with Crippen LogP contribution in [0.5, 0.6) is 0 Å². The van der Waals surface area contributed by atoms with Gasteiger partial charge in [0.15, 0.2) is 0 Å². The molecule has 1 aliphatic rings. The Hall–Kier alpha value is 0.390. The number of sulfonamides is 1. The molecule has 1 fully saturated rings. The zero-order valence-corrected chi connectivity index (χ0v) is 12.1. The predicted octanol–water partition coefficient (Wildman–Crippen LogP) is 2.22. The summed E-state index contributed by atoms with van der Waals surface area (Å²) in [6.45, 7) is 7.20. The largest absolute Gasteiger partial charge is 0.214 e. The molecule has 1 heterocycles. The quantitative estimate of drug-likeness (QED) is 0.733. The molecule has 0 spiro atoms. The van der Waals surface area contributed by atoms with Gasteiger partial charge in [-0.2, -0.15) is 0 Å². The highest BCUT2D eigenvalue weighted by molar-refractivity contribution is 9.09. The molecule has 0 aliphatic carbocycles. The van der Waals surface area contributed by atoms with Crippen molar-refractivity contribution in [1.29, 1.82) is 0 Å². The molecule has 0 aromatic rings. The second kappa shape index (κ2) is 4.72. The molecule has 1 saturated heterocycles. The van der Waals surface area contributed by atoms with Crippen molar-refractivity contribution in [2.24, 2.45) is 5.41 Å². The van der Waals surface area contributed by atoms with Gasteiger partial charge in [0, 0.05) is 17.9 Å². The molecule has 0 saturated carbocycles. The number of hydrogen-bond acceptors (Lipinski definition) is 2. The van der Waals surface area contributed by atoms with Gasteiger partial charge in [-0.15, -0.1) is 0 Å². The summed E-state index contributed by atoms with van der Waals surface area (Å²) in [6, 6.07) is 0. The molecule has 0 radical (unpaired) electrons. The highest BCUT2D eigenvalue weighted by Crippen LogP contribution is 2.23. The monoisotopic (exact) mass is 297 g/mol. The van der Waals surface area contributed by atoms with E-state index < -0.39 is 10.0 Å². The molecule has 3 nitrogen and oxygen atoms in total. The van der Waals surface area contributed by atoms with Crippen molar-refractivity contribution in [1.82, 2.24) is 4.31 Å². The second-order valence-corrected chi connectivity index (χ2v) is 8.65. The number of hydrogen-bond donors (Lipinski definition) is 0. The third-order valence-corrected chi connectivity index (χ3v) is 5.69. The van der Waals surface area contributed by atoms with Gasteiger partial charge in [0.25, 0.3) is 0 Å². The van der Waals surface area contributed by atoms with E-state index in [4.69, 9.17) is 0 Å². The van der Waals surface area contributed by atoms with Crippen LogP contribution >= 0.6 is 15.9 Å². The lowest BCUT2D eigenvalue weighted by atomic mass is 10.0. The lowest BCUT2D eigenvalue weighted by Crippen LogP contribution is -2.42. The zero-order valence-electron chi connectivity index (χ0n) is 9.66. The lowest BCUT2D eigenvalue weighted by Gasteiger charge is -2.31. The Kier molecular flexibility index (Phi) is 4.23. The summed E-state index contributed by atoms with van der Waals surface area (Å²) < 4.78 is 25.7. The summed E-state index contributed by atoms with van der Waals surface area (Å²) in [5, 5.41) is 0. The van der Waals surface area contributed by atoms with Crippen molar-refractivity contribution in [3.63, 3.8) is 0 Å². The second-order valence-electron chi connectivity index (χ2n) is 5.39. The maximum absolute atomic E-state index is 12.0. The fourth-order valence-corrected chi connectivity index (χ4v) is 4.19. The van der Waals surface area contributed by atoms with Gasteiger partial charge < -0.3 is 0 Å². The van der Waals surface area contributed by atoms with Crippen molar-refractivity contribution in [3.05, 3.63) is 0 Å². The Balaban J connectivity index is 2.63. The molecular weight excluding hydrogens is 278 g/mol. The minimum atomic E-state index is -3.05. The van der Waals surface area contributed by atoms with E-state index in [0.29, 0.717) is 17.9 Å². The Morgan fingerprint density at radius 2 is 1.73 bits per heavy atom. The SMILES string of the molecule is CC(C)(C)CS(=O)(=O)N1CCC(Br)CC1. The molecule has 0 aromatic heterocycles. The van der Waals surface area contributed by atoms with E-state index in [1.807, 2.05) is 20.8 Å². The summed E-state index contributed by atoms with van der Waals surface area (Å²) >= 11 is 3.52. The van der Waals surface area contributed by atoms with Crippen molar-refractivity contribution < 1.29 is 8.42 Å². The molecule has 0 unspecified atom stereocenters. The van der Waals surface area contributed by atoms with Crippen LogP contribution in [0.25, 0.3) is 0 Å². The topological polar surface area (TPSA) is 37.4 Å². The molecule has 1 rings (SSSR count). The van der Waals surface area contributed by atoms with Crippen LogP contribution in [0.4, 0.5) is 0 Å². The standard InChI is InChI=1S/C10H20BrNO2S/c1-10(2,3)8-15(13,14)12-6-4-9(11)5-7-12/h9H,4-8H2,1-3H3. The molecule has 1 aliphatic heterocycles. The minimum absolute atomic E-state index is 0.163. The summed E-state index contributed by atoms with van der Waals surface area (Å²) in [5.41, 5.74) is -0.163. The van der Waals surface area contributed by atoms with Crippen LogP contribution in [-0.4, -0.2) is 36.4 Å². The van der Waals surface area contributed by atoms with Crippen molar-refractivity contribution in [2.45, 2.75) is 38.4 Å². The first kappa shape index (κ1) is 13.5. The van der Waals surface area contributed by atoms with Crippen molar-refractivity contribution in [3.8, 4) is 0 Å². The summed E-state index contributed by atoms with van der Waals surface area (Å²) in [4.78, 5) is 0.485. The fourth-order valence-electron chi connectivity index (χ4n) is 1.74. The van der Waals surface area contributed by atoms with E-state index in [1.165, 1.54) is 0 Å². The van der Waals surface area contributed by atoms with E-state index in [1.54, 1.807) is 4.31 Å². The third-order valence-electron chi connectivity index (χ3n) is 2.39. The van der Waals surface area contributed by atoms with Gasteiger partial charge in [-0.1, -0.05) is 36.7 Å². The van der Waals surface area contributed by atoms with Crippen molar-refractivity contribution in [2.75, 3.05) is 18.8 Å². The molecule has 0 atom stereocenters. The van der Waals surface area contributed by atoms with E-state index in [0.717, 1.165) is 12.8 Å². The number of halogens is 1. The fraction of sp³-hybridized carbons (Fsp3) is 1.00. The zero-order chi connectivity index (χ0) is 11.7. The van der Waals surface area contributed by atoms with E-state index in [-0.39, 0.29) is 11.2 Å². The van der Waals surface area contributed by atoms with Gasteiger partial charge in [-0.3, -0.25) is 0 Å². The van der Waals surface area contributed by atoms with Gasteiger partial charge in [-0.05, 0) is 18.3 Å². The Bertz CT molecular complexity index is 300. The normalized spacial score (nSPS) is 21.9. The lowest BCUT2D eigenvalue weighted by molar-refractivity contribution is 0.344.